The van der Waals surface area contributed by atoms with Crippen LogP contribution in [0.15, 0.2) is 23.8 Å². The molecule has 33 heavy (non-hydrogen) atoms. The van der Waals surface area contributed by atoms with E-state index in [1.165, 1.54) is 51.4 Å². The van der Waals surface area contributed by atoms with Gasteiger partial charge in [-0.05, 0) is 97.7 Å². The van der Waals surface area contributed by atoms with Gasteiger partial charge in [-0.2, -0.15) is 0 Å². The van der Waals surface area contributed by atoms with Crippen molar-refractivity contribution in [2.75, 3.05) is 0 Å². The third-order valence-corrected chi connectivity index (χ3v) is 10.9. The van der Waals surface area contributed by atoms with Crippen LogP contribution in [0.25, 0.3) is 0 Å². The number of carbonyl (C=O) groups excluding carboxylic acids is 1. The van der Waals surface area contributed by atoms with E-state index in [2.05, 4.69) is 66.7 Å². The zero-order valence-corrected chi connectivity index (χ0v) is 22.6. The molecule has 0 radical (unpaired) electrons. The van der Waals surface area contributed by atoms with Gasteiger partial charge >= 0.3 is 5.97 Å². The highest BCUT2D eigenvalue weighted by Crippen LogP contribution is 2.60. The normalized spacial score (nSPS) is 36.6. The molecule has 0 aromatic rings. The van der Waals surface area contributed by atoms with Gasteiger partial charge in [-0.15, -0.1) is 0 Å². The van der Waals surface area contributed by atoms with E-state index in [0.29, 0.717) is 34.5 Å². The van der Waals surface area contributed by atoms with Crippen molar-refractivity contribution in [3.05, 3.63) is 23.8 Å². The molecule has 0 amide bonds. The number of esters is 1. The van der Waals surface area contributed by atoms with Crippen molar-refractivity contribution in [1.29, 1.82) is 0 Å². The Labute approximate surface area is 204 Å². The van der Waals surface area contributed by atoms with E-state index in [4.69, 9.17) is 4.74 Å². The summed E-state index contributed by atoms with van der Waals surface area (Å²) in [6.07, 6.45) is 18.8. The van der Waals surface area contributed by atoms with E-state index in [1.54, 1.807) is 0 Å². The molecule has 0 N–H and O–H groups in total. The lowest BCUT2D eigenvalue weighted by Crippen LogP contribution is -2.59. The van der Waals surface area contributed by atoms with E-state index in [-0.39, 0.29) is 11.6 Å². The number of rotatable bonds is 9. The molecule has 2 nitrogen and oxygen atoms in total. The first kappa shape index (κ1) is 25.1. The summed E-state index contributed by atoms with van der Waals surface area (Å²) in [4.78, 5) is 13.4. The van der Waals surface area contributed by atoms with E-state index >= 15 is 0 Å². The highest BCUT2D eigenvalue weighted by Gasteiger charge is 2.58. The van der Waals surface area contributed by atoms with Crippen LogP contribution in [0.4, 0.5) is 0 Å². The smallest absolute Gasteiger partial charge is 0.338 e. The molecule has 0 heterocycles. The average Bonchev–Trinajstić information content (AvgIpc) is 2.79. The van der Waals surface area contributed by atoms with Gasteiger partial charge in [-0.3, -0.25) is 0 Å². The van der Waals surface area contributed by atoms with Gasteiger partial charge in [0.05, 0.1) is 5.57 Å². The predicted octanol–water partition coefficient (Wildman–Crippen LogP) is 8.52. The zero-order valence-electron chi connectivity index (χ0n) is 22.6. The summed E-state index contributed by atoms with van der Waals surface area (Å²) in [5.74, 6) is 4.04. The summed E-state index contributed by atoms with van der Waals surface area (Å²) in [5.41, 5.74) is 1.24. The number of hydrogen-bond donors (Lipinski definition) is 0. The third kappa shape index (κ3) is 4.74. The van der Waals surface area contributed by atoms with Crippen LogP contribution in [0.2, 0.25) is 0 Å². The van der Waals surface area contributed by atoms with Crippen LogP contribution >= 0.6 is 0 Å². The minimum absolute atomic E-state index is 0.0563. The number of hydrogen-bond acceptors (Lipinski definition) is 2. The van der Waals surface area contributed by atoms with Crippen LogP contribution in [0.1, 0.15) is 113 Å². The lowest BCUT2D eigenvalue weighted by Gasteiger charge is -2.60. The Balaban J connectivity index is 1.46. The van der Waals surface area contributed by atoms with Gasteiger partial charge in [-0.25, -0.2) is 4.79 Å². The molecule has 4 bridgehead atoms. The largest absolute Gasteiger partial charge is 0.455 e. The Morgan fingerprint density at radius 1 is 1.00 bits per heavy atom. The Morgan fingerprint density at radius 3 is 2.06 bits per heavy atom. The maximum atomic E-state index is 13.4. The van der Waals surface area contributed by atoms with Gasteiger partial charge < -0.3 is 4.74 Å². The summed E-state index contributed by atoms with van der Waals surface area (Å²) in [6, 6.07) is 0. The van der Waals surface area contributed by atoms with Crippen molar-refractivity contribution in [1.82, 2.24) is 0 Å². The zero-order chi connectivity index (χ0) is 24.0. The Morgan fingerprint density at radius 2 is 1.61 bits per heavy atom. The second-order valence-electron chi connectivity index (χ2n) is 13.6. The first-order chi connectivity index (χ1) is 15.5. The summed E-state index contributed by atoms with van der Waals surface area (Å²) in [7, 11) is 0. The van der Waals surface area contributed by atoms with Crippen molar-refractivity contribution < 1.29 is 9.53 Å². The quantitative estimate of drug-likeness (QED) is 0.326. The fraction of sp³-hybridized carbons (Fsp3) is 0.839. The lowest BCUT2D eigenvalue weighted by molar-refractivity contribution is -0.207. The molecular weight excluding hydrogens is 404 g/mol. The molecule has 0 aromatic carbocycles. The van der Waals surface area contributed by atoms with Gasteiger partial charge in [-0.1, -0.05) is 79.5 Å². The minimum Gasteiger partial charge on any atom is -0.455 e. The molecule has 5 rings (SSSR count). The second kappa shape index (κ2) is 9.19. The molecule has 4 saturated carbocycles. The summed E-state index contributed by atoms with van der Waals surface area (Å²) >= 11 is 0. The van der Waals surface area contributed by atoms with Gasteiger partial charge in [0.25, 0.3) is 0 Å². The average molecular weight is 455 g/mol. The van der Waals surface area contributed by atoms with E-state index in [0.717, 1.165) is 30.3 Å². The molecule has 5 aliphatic rings. The Kier molecular flexibility index (Phi) is 6.98. The fourth-order valence-electron chi connectivity index (χ4n) is 8.13. The van der Waals surface area contributed by atoms with E-state index in [1.807, 2.05) is 0 Å². The molecule has 2 atom stereocenters. The minimum atomic E-state index is -0.200. The van der Waals surface area contributed by atoms with Crippen LogP contribution in [-0.2, 0) is 9.53 Å². The van der Waals surface area contributed by atoms with Crippen molar-refractivity contribution in [2.24, 2.45) is 46.3 Å². The molecule has 2 heteroatoms. The van der Waals surface area contributed by atoms with Crippen molar-refractivity contribution in [3.63, 3.8) is 0 Å². The standard InChI is InChI=1S/C31H50O2/c1-8-29(4,5)20-27(30(6,7)9-2)23-11-13-24(14-12-23)28(32)33-31(10-3)25-16-21-15-22(18-25)19-26(31)17-21/h11,13-14,21-23,25-27H,8-10,12,15-20H2,1-7H3. The second-order valence-corrected chi connectivity index (χ2v) is 13.6. The maximum Gasteiger partial charge on any atom is 0.338 e. The predicted molar refractivity (Wildman–Crippen MR) is 138 cm³/mol. The van der Waals surface area contributed by atoms with Gasteiger partial charge in [0, 0.05) is 0 Å². The molecule has 5 aliphatic carbocycles. The maximum absolute atomic E-state index is 13.4. The highest BCUT2D eigenvalue weighted by molar-refractivity contribution is 5.92. The third-order valence-electron chi connectivity index (χ3n) is 10.9. The van der Waals surface area contributed by atoms with Crippen LogP contribution in [0, 0.1) is 46.3 Å². The molecular formula is C31H50O2. The first-order valence-corrected chi connectivity index (χ1v) is 14.1. The van der Waals surface area contributed by atoms with E-state index in [9.17, 15) is 4.79 Å². The van der Waals surface area contributed by atoms with Crippen LogP contribution in [0.5, 0.6) is 0 Å². The van der Waals surface area contributed by atoms with E-state index < -0.39 is 0 Å². The lowest BCUT2D eigenvalue weighted by atomic mass is 9.49. The van der Waals surface area contributed by atoms with Gasteiger partial charge in [0.2, 0.25) is 0 Å². The summed E-state index contributed by atoms with van der Waals surface area (Å²) in [5, 5.41) is 0. The SMILES string of the molecule is CCC(C)(C)CC(C1C=CC(C(=O)OC2(CC)C3CC4CC(C3)CC2C4)=CC1)C(C)(C)CC. The number of carbonyl (C=O) groups is 1. The Bertz CT molecular complexity index is 755. The van der Waals surface area contributed by atoms with Crippen molar-refractivity contribution in [3.8, 4) is 0 Å². The Hall–Kier alpha value is -1.05. The molecule has 0 aromatic heterocycles. The molecule has 2 unspecified atom stereocenters. The van der Waals surface area contributed by atoms with Crippen LogP contribution in [-0.4, -0.2) is 11.6 Å². The number of allylic oxidation sites excluding steroid dienone is 2. The van der Waals surface area contributed by atoms with Crippen molar-refractivity contribution in [2.45, 2.75) is 118 Å². The topological polar surface area (TPSA) is 26.3 Å². The molecule has 186 valence electrons. The monoisotopic (exact) mass is 454 g/mol. The first-order valence-electron chi connectivity index (χ1n) is 14.1. The molecule has 0 spiro atoms. The van der Waals surface area contributed by atoms with Crippen LogP contribution < -0.4 is 0 Å². The molecule has 0 aliphatic heterocycles. The van der Waals surface area contributed by atoms with Crippen LogP contribution in [0.3, 0.4) is 0 Å². The van der Waals surface area contributed by atoms with Gasteiger partial charge in [0.15, 0.2) is 0 Å². The van der Waals surface area contributed by atoms with Crippen molar-refractivity contribution >= 4 is 5.97 Å². The molecule has 0 saturated heterocycles. The van der Waals surface area contributed by atoms with Gasteiger partial charge in [0.1, 0.15) is 5.60 Å². The molecule has 4 fully saturated rings. The summed E-state index contributed by atoms with van der Waals surface area (Å²) in [6.45, 7) is 16.6. The highest BCUT2D eigenvalue weighted by atomic mass is 16.6. The summed E-state index contributed by atoms with van der Waals surface area (Å²) < 4.78 is 6.53. The number of ether oxygens (including phenoxy) is 1. The fourth-order valence-corrected chi connectivity index (χ4v) is 8.13.